The highest BCUT2D eigenvalue weighted by molar-refractivity contribution is 5.31. The number of hydrogen-bond donors (Lipinski definition) is 1. The molecule has 2 unspecified atom stereocenters. The third-order valence-electron chi connectivity index (χ3n) is 3.08. The molecule has 5 nitrogen and oxygen atoms in total. The molecule has 5 heteroatoms. The summed E-state index contributed by atoms with van der Waals surface area (Å²) in [6, 6.07) is 9.89. The highest BCUT2D eigenvalue weighted by atomic mass is 15.5. The van der Waals surface area contributed by atoms with E-state index in [4.69, 9.17) is 5.73 Å². The Bertz CT molecular complexity index is 481. The van der Waals surface area contributed by atoms with Crippen LogP contribution in [0.2, 0.25) is 0 Å². The number of nitrogens with zero attached hydrogens (tertiary/aromatic N) is 4. The van der Waals surface area contributed by atoms with Gasteiger partial charge in [-0.05, 0) is 35.4 Å². The Balaban J connectivity index is 2.44. The first-order valence-corrected chi connectivity index (χ1v) is 6.20. The molecule has 2 aromatic rings. The SMILES string of the molecule is CC(C)C(c1nnnn1-c1ccccc1)C(C)N. The van der Waals surface area contributed by atoms with E-state index in [1.165, 1.54) is 0 Å². The van der Waals surface area contributed by atoms with E-state index >= 15 is 0 Å². The van der Waals surface area contributed by atoms with Crippen LogP contribution in [0.25, 0.3) is 5.69 Å². The fourth-order valence-corrected chi connectivity index (χ4v) is 2.30. The minimum absolute atomic E-state index is 0.0125. The first-order valence-electron chi connectivity index (χ1n) is 6.20. The Morgan fingerprint density at radius 2 is 1.78 bits per heavy atom. The number of aromatic nitrogens is 4. The molecule has 0 radical (unpaired) electrons. The van der Waals surface area contributed by atoms with Crippen LogP contribution in [-0.4, -0.2) is 26.2 Å². The zero-order chi connectivity index (χ0) is 13.1. The standard InChI is InChI=1S/C13H19N5/c1-9(2)12(10(3)14)13-15-16-17-18(13)11-7-5-4-6-8-11/h4-10,12H,14H2,1-3H3. The van der Waals surface area contributed by atoms with Gasteiger partial charge in [-0.25, -0.2) is 0 Å². The van der Waals surface area contributed by atoms with Gasteiger partial charge in [0.2, 0.25) is 0 Å². The summed E-state index contributed by atoms with van der Waals surface area (Å²) in [4.78, 5) is 0. The summed E-state index contributed by atoms with van der Waals surface area (Å²) >= 11 is 0. The first-order chi connectivity index (χ1) is 8.61. The average molecular weight is 245 g/mol. The lowest BCUT2D eigenvalue weighted by Crippen LogP contribution is -2.30. The van der Waals surface area contributed by atoms with Crippen molar-refractivity contribution in [3.8, 4) is 5.69 Å². The van der Waals surface area contributed by atoms with E-state index in [-0.39, 0.29) is 12.0 Å². The lowest BCUT2D eigenvalue weighted by atomic mass is 9.89. The highest BCUT2D eigenvalue weighted by Gasteiger charge is 2.26. The van der Waals surface area contributed by atoms with Gasteiger partial charge in [-0.3, -0.25) is 0 Å². The number of tetrazole rings is 1. The topological polar surface area (TPSA) is 69.6 Å². The van der Waals surface area contributed by atoms with E-state index in [1.54, 1.807) is 4.68 Å². The van der Waals surface area contributed by atoms with Crippen molar-refractivity contribution in [1.29, 1.82) is 0 Å². The van der Waals surface area contributed by atoms with Crippen molar-refractivity contribution in [3.63, 3.8) is 0 Å². The lowest BCUT2D eigenvalue weighted by molar-refractivity contribution is 0.409. The molecule has 2 atom stereocenters. The van der Waals surface area contributed by atoms with E-state index < -0.39 is 0 Å². The van der Waals surface area contributed by atoms with Gasteiger partial charge in [0, 0.05) is 12.0 Å². The smallest absolute Gasteiger partial charge is 0.161 e. The Hall–Kier alpha value is -1.75. The zero-order valence-corrected chi connectivity index (χ0v) is 11.0. The van der Waals surface area contributed by atoms with E-state index in [0.717, 1.165) is 11.5 Å². The fourth-order valence-electron chi connectivity index (χ4n) is 2.30. The van der Waals surface area contributed by atoms with Gasteiger partial charge in [0.05, 0.1) is 5.69 Å². The molecule has 0 saturated heterocycles. The van der Waals surface area contributed by atoms with Crippen LogP contribution in [0.1, 0.15) is 32.5 Å². The van der Waals surface area contributed by atoms with Gasteiger partial charge in [-0.1, -0.05) is 32.0 Å². The van der Waals surface area contributed by atoms with Crippen molar-refractivity contribution in [2.75, 3.05) is 0 Å². The number of hydrogen-bond acceptors (Lipinski definition) is 4. The van der Waals surface area contributed by atoms with Gasteiger partial charge >= 0.3 is 0 Å². The van der Waals surface area contributed by atoms with Gasteiger partial charge in [0.15, 0.2) is 5.82 Å². The fraction of sp³-hybridized carbons (Fsp3) is 0.462. The number of benzene rings is 1. The highest BCUT2D eigenvalue weighted by Crippen LogP contribution is 2.26. The zero-order valence-electron chi connectivity index (χ0n) is 11.0. The van der Waals surface area contributed by atoms with Crippen molar-refractivity contribution in [2.24, 2.45) is 11.7 Å². The molecule has 1 heterocycles. The van der Waals surface area contributed by atoms with E-state index in [0.29, 0.717) is 5.92 Å². The quantitative estimate of drug-likeness (QED) is 0.891. The molecule has 1 aromatic carbocycles. The summed E-state index contributed by atoms with van der Waals surface area (Å²) in [7, 11) is 0. The summed E-state index contributed by atoms with van der Waals surface area (Å²) < 4.78 is 1.77. The second-order valence-electron chi connectivity index (χ2n) is 4.91. The van der Waals surface area contributed by atoms with Gasteiger partial charge in [0.25, 0.3) is 0 Å². The van der Waals surface area contributed by atoms with Crippen LogP contribution in [0.3, 0.4) is 0 Å². The summed E-state index contributed by atoms with van der Waals surface area (Å²) in [5.74, 6) is 1.35. The van der Waals surface area contributed by atoms with Crippen LogP contribution < -0.4 is 5.73 Å². The minimum Gasteiger partial charge on any atom is -0.327 e. The summed E-state index contributed by atoms with van der Waals surface area (Å²) in [6.07, 6.45) is 0. The van der Waals surface area contributed by atoms with Crippen LogP contribution in [0.4, 0.5) is 0 Å². The average Bonchev–Trinajstić information content (AvgIpc) is 2.78. The molecular formula is C13H19N5. The maximum atomic E-state index is 6.07. The molecule has 0 saturated carbocycles. The van der Waals surface area contributed by atoms with Crippen molar-refractivity contribution >= 4 is 0 Å². The van der Waals surface area contributed by atoms with Crippen molar-refractivity contribution in [2.45, 2.75) is 32.7 Å². The van der Waals surface area contributed by atoms with Gasteiger partial charge in [-0.2, -0.15) is 4.68 Å². The maximum Gasteiger partial charge on any atom is 0.161 e. The molecule has 0 aliphatic heterocycles. The van der Waals surface area contributed by atoms with Gasteiger partial charge in [0.1, 0.15) is 0 Å². The predicted molar refractivity (Wildman–Crippen MR) is 70.4 cm³/mol. The number of rotatable bonds is 4. The van der Waals surface area contributed by atoms with Gasteiger partial charge in [-0.15, -0.1) is 5.10 Å². The van der Waals surface area contributed by atoms with E-state index in [1.807, 2.05) is 37.3 Å². The van der Waals surface area contributed by atoms with Crippen molar-refractivity contribution < 1.29 is 0 Å². The lowest BCUT2D eigenvalue weighted by Gasteiger charge is -2.23. The number of nitrogens with two attached hydrogens (primary N) is 1. The molecular weight excluding hydrogens is 226 g/mol. The monoisotopic (exact) mass is 245 g/mol. The van der Waals surface area contributed by atoms with Crippen molar-refractivity contribution in [1.82, 2.24) is 20.2 Å². The second kappa shape index (κ2) is 5.27. The largest absolute Gasteiger partial charge is 0.327 e. The third-order valence-corrected chi connectivity index (χ3v) is 3.08. The molecule has 18 heavy (non-hydrogen) atoms. The van der Waals surface area contributed by atoms with Crippen LogP contribution >= 0.6 is 0 Å². The summed E-state index contributed by atoms with van der Waals surface area (Å²) in [5.41, 5.74) is 7.03. The van der Waals surface area contributed by atoms with Crippen LogP contribution in [0.5, 0.6) is 0 Å². The normalized spacial score (nSPS) is 14.7. The Morgan fingerprint density at radius 3 is 2.33 bits per heavy atom. The molecule has 0 spiro atoms. The molecule has 2 N–H and O–H groups in total. The predicted octanol–water partition coefficient (Wildman–Crippen LogP) is 1.75. The molecule has 0 fully saturated rings. The molecule has 0 aliphatic rings. The van der Waals surface area contributed by atoms with E-state index in [9.17, 15) is 0 Å². The molecule has 0 bridgehead atoms. The Morgan fingerprint density at radius 1 is 1.11 bits per heavy atom. The maximum absolute atomic E-state index is 6.07. The Labute approximate surface area is 107 Å². The molecule has 0 amide bonds. The van der Waals surface area contributed by atoms with E-state index in [2.05, 4.69) is 29.4 Å². The third kappa shape index (κ3) is 2.41. The first kappa shape index (κ1) is 12.7. The molecule has 1 aromatic heterocycles. The van der Waals surface area contributed by atoms with Crippen molar-refractivity contribution in [3.05, 3.63) is 36.2 Å². The van der Waals surface area contributed by atoms with Crippen LogP contribution in [0, 0.1) is 5.92 Å². The molecule has 96 valence electrons. The second-order valence-corrected chi connectivity index (χ2v) is 4.91. The summed E-state index contributed by atoms with van der Waals surface area (Å²) in [5, 5.41) is 12.0. The van der Waals surface area contributed by atoms with Crippen LogP contribution in [-0.2, 0) is 0 Å². The molecule has 2 rings (SSSR count). The number of para-hydroxylation sites is 1. The minimum atomic E-state index is 0.0125. The van der Waals surface area contributed by atoms with Gasteiger partial charge < -0.3 is 5.73 Å². The van der Waals surface area contributed by atoms with Crippen LogP contribution in [0.15, 0.2) is 30.3 Å². The Kier molecular flexibility index (Phi) is 3.72. The molecule has 0 aliphatic carbocycles. The summed E-state index contributed by atoms with van der Waals surface area (Å²) in [6.45, 7) is 6.27.